The number of amides is 3. The van der Waals surface area contributed by atoms with Gasteiger partial charge in [0.05, 0.1) is 0 Å². The van der Waals surface area contributed by atoms with Gasteiger partial charge in [0.25, 0.3) is 5.91 Å². The Hall–Kier alpha value is -3.41. The SMILES string of the molecule is CN(C)C(=O)c1cccc(NC(=O)/C=C/c2ccc(N3CCCC3=O)cc2)c1. The zero-order valence-electron chi connectivity index (χ0n) is 16.0. The second kappa shape index (κ2) is 8.52. The number of hydrogen-bond acceptors (Lipinski definition) is 3. The van der Waals surface area contributed by atoms with E-state index in [9.17, 15) is 14.4 Å². The quantitative estimate of drug-likeness (QED) is 0.814. The Morgan fingerprint density at radius 2 is 1.86 bits per heavy atom. The molecule has 0 saturated carbocycles. The number of carbonyl (C=O) groups is 3. The predicted molar refractivity (Wildman–Crippen MR) is 110 cm³/mol. The van der Waals surface area contributed by atoms with Gasteiger partial charge in [0.15, 0.2) is 0 Å². The maximum atomic E-state index is 12.2. The van der Waals surface area contributed by atoms with Crippen LogP contribution in [0.15, 0.2) is 54.6 Å². The van der Waals surface area contributed by atoms with E-state index in [0.717, 1.165) is 24.2 Å². The molecule has 3 amide bonds. The van der Waals surface area contributed by atoms with Gasteiger partial charge in [-0.05, 0) is 48.4 Å². The molecule has 1 aliphatic heterocycles. The van der Waals surface area contributed by atoms with Crippen molar-refractivity contribution < 1.29 is 14.4 Å². The third-order valence-electron chi connectivity index (χ3n) is 4.49. The number of nitrogens with zero attached hydrogens (tertiary/aromatic N) is 2. The van der Waals surface area contributed by atoms with Gasteiger partial charge in [-0.15, -0.1) is 0 Å². The fourth-order valence-electron chi connectivity index (χ4n) is 3.03. The van der Waals surface area contributed by atoms with Crippen LogP contribution in [0.3, 0.4) is 0 Å². The molecule has 0 spiro atoms. The zero-order chi connectivity index (χ0) is 20.1. The van der Waals surface area contributed by atoms with Crippen molar-refractivity contribution in [3.05, 3.63) is 65.7 Å². The van der Waals surface area contributed by atoms with Crippen LogP contribution >= 0.6 is 0 Å². The highest BCUT2D eigenvalue weighted by Crippen LogP contribution is 2.22. The van der Waals surface area contributed by atoms with Crippen molar-refractivity contribution in [1.29, 1.82) is 0 Å². The first-order valence-corrected chi connectivity index (χ1v) is 9.15. The maximum absolute atomic E-state index is 12.2. The molecule has 0 aliphatic carbocycles. The smallest absolute Gasteiger partial charge is 0.253 e. The van der Waals surface area contributed by atoms with Crippen molar-refractivity contribution in [2.24, 2.45) is 0 Å². The van der Waals surface area contributed by atoms with Gasteiger partial charge in [-0.1, -0.05) is 18.2 Å². The van der Waals surface area contributed by atoms with Gasteiger partial charge in [0.1, 0.15) is 0 Å². The molecule has 6 nitrogen and oxygen atoms in total. The van der Waals surface area contributed by atoms with Crippen molar-refractivity contribution in [2.45, 2.75) is 12.8 Å². The summed E-state index contributed by atoms with van der Waals surface area (Å²) in [5.41, 5.74) is 2.82. The minimum absolute atomic E-state index is 0.122. The van der Waals surface area contributed by atoms with E-state index in [-0.39, 0.29) is 17.7 Å². The summed E-state index contributed by atoms with van der Waals surface area (Å²) in [4.78, 5) is 39.2. The molecule has 6 heteroatoms. The largest absolute Gasteiger partial charge is 0.345 e. The molecule has 0 atom stereocenters. The summed E-state index contributed by atoms with van der Waals surface area (Å²) >= 11 is 0. The number of benzene rings is 2. The third-order valence-corrected chi connectivity index (χ3v) is 4.49. The minimum atomic E-state index is -0.284. The number of rotatable bonds is 5. The van der Waals surface area contributed by atoms with Gasteiger partial charge < -0.3 is 15.1 Å². The van der Waals surface area contributed by atoms with Crippen molar-refractivity contribution in [3.8, 4) is 0 Å². The standard InChI is InChI=1S/C22H23N3O3/c1-24(2)22(28)17-5-3-6-18(15-17)23-20(26)13-10-16-8-11-19(12-9-16)25-14-4-7-21(25)27/h3,5-6,8-13,15H,4,7,14H2,1-2H3,(H,23,26)/b13-10+. The highest BCUT2D eigenvalue weighted by atomic mass is 16.2. The second-order valence-electron chi connectivity index (χ2n) is 6.84. The van der Waals surface area contributed by atoms with Gasteiger partial charge >= 0.3 is 0 Å². The van der Waals surface area contributed by atoms with E-state index < -0.39 is 0 Å². The average molecular weight is 377 g/mol. The Morgan fingerprint density at radius 1 is 1.11 bits per heavy atom. The summed E-state index contributed by atoms with van der Waals surface area (Å²) < 4.78 is 0. The molecule has 1 aliphatic rings. The highest BCUT2D eigenvalue weighted by molar-refractivity contribution is 6.03. The van der Waals surface area contributed by atoms with E-state index in [1.807, 2.05) is 24.3 Å². The molecule has 1 saturated heterocycles. The Morgan fingerprint density at radius 3 is 2.50 bits per heavy atom. The van der Waals surface area contributed by atoms with Gasteiger partial charge in [-0.2, -0.15) is 0 Å². The summed E-state index contributed by atoms with van der Waals surface area (Å²) in [6, 6.07) is 14.3. The second-order valence-corrected chi connectivity index (χ2v) is 6.84. The number of hydrogen-bond donors (Lipinski definition) is 1. The fourth-order valence-corrected chi connectivity index (χ4v) is 3.03. The van der Waals surface area contributed by atoms with E-state index in [2.05, 4.69) is 5.32 Å². The number of anilines is 2. The fraction of sp³-hybridized carbons (Fsp3) is 0.227. The van der Waals surface area contributed by atoms with E-state index in [0.29, 0.717) is 17.7 Å². The third kappa shape index (κ3) is 4.65. The lowest BCUT2D eigenvalue weighted by Crippen LogP contribution is -2.23. The van der Waals surface area contributed by atoms with Gasteiger partial charge in [0.2, 0.25) is 11.8 Å². The van der Waals surface area contributed by atoms with Gasteiger partial charge in [-0.3, -0.25) is 14.4 Å². The van der Waals surface area contributed by atoms with E-state index in [1.165, 1.54) is 11.0 Å². The first kappa shape index (κ1) is 19.4. The molecule has 0 bridgehead atoms. The molecule has 28 heavy (non-hydrogen) atoms. The molecular formula is C22H23N3O3. The Balaban J connectivity index is 1.62. The molecule has 2 aromatic carbocycles. The molecular weight excluding hydrogens is 354 g/mol. The number of carbonyl (C=O) groups excluding carboxylic acids is 3. The lowest BCUT2D eigenvalue weighted by molar-refractivity contribution is -0.117. The van der Waals surface area contributed by atoms with Crippen molar-refractivity contribution in [2.75, 3.05) is 30.9 Å². The molecule has 3 rings (SSSR count). The number of nitrogens with one attached hydrogen (secondary N) is 1. The average Bonchev–Trinajstić information content (AvgIpc) is 3.12. The van der Waals surface area contributed by atoms with Crippen LogP contribution in [0.1, 0.15) is 28.8 Å². The van der Waals surface area contributed by atoms with Crippen molar-refractivity contribution in [1.82, 2.24) is 4.90 Å². The van der Waals surface area contributed by atoms with Crippen LogP contribution < -0.4 is 10.2 Å². The highest BCUT2D eigenvalue weighted by Gasteiger charge is 2.21. The van der Waals surface area contributed by atoms with E-state index in [4.69, 9.17) is 0 Å². The van der Waals surface area contributed by atoms with Crippen LogP contribution in [0.25, 0.3) is 6.08 Å². The van der Waals surface area contributed by atoms with Gasteiger partial charge in [-0.25, -0.2) is 0 Å². The molecule has 2 aromatic rings. The Labute approximate surface area is 164 Å². The predicted octanol–water partition coefficient (Wildman–Crippen LogP) is 3.17. The Kier molecular flexibility index (Phi) is 5.89. The van der Waals surface area contributed by atoms with Crippen LogP contribution in [-0.4, -0.2) is 43.3 Å². The van der Waals surface area contributed by atoms with Crippen LogP contribution in [-0.2, 0) is 9.59 Å². The summed E-state index contributed by atoms with van der Waals surface area (Å²) in [5.74, 6) is -0.255. The van der Waals surface area contributed by atoms with Gasteiger partial charge in [0, 0.05) is 50.1 Å². The van der Waals surface area contributed by atoms with Crippen molar-refractivity contribution in [3.63, 3.8) is 0 Å². The maximum Gasteiger partial charge on any atom is 0.253 e. The zero-order valence-corrected chi connectivity index (χ0v) is 16.0. The lowest BCUT2D eigenvalue weighted by atomic mass is 10.1. The van der Waals surface area contributed by atoms with Crippen molar-refractivity contribution >= 4 is 35.2 Å². The molecule has 144 valence electrons. The van der Waals surface area contributed by atoms with Crippen LogP contribution in [0.5, 0.6) is 0 Å². The molecule has 1 heterocycles. The van der Waals surface area contributed by atoms with Crippen LogP contribution in [0, 0.1) is 0 Å². The molecule has 1 fully saturated rings. The van der Waals surface area contributed by atoms with E-state index >= 15 is 0 Å². The molecule has 0 unspecified atom stereocenters. The first-order chi connectivity index (χ1) is 13.4. The summed E-state index contributed by atoms with van der Waals surface area (Å²) in [6.45, 7) is 0.756. The first-order valence-electron chi connectivity index (χ1n) is 9.15. The summed E-state index contributed by atoms with van der Waals surface area (Å²) in [6.07, 6.45) is 4.64. The van der Waals surface area contributed by atoms with Crippen LogP contribution in [0.4, 0.5) is 11.4 Å². The molecule has 0 aromatic heterocycles. The summed E-state index contributed by atoms with van der Waals surface area (Å²) in [5, 5.41) is 2.76. The lowest BCUT2D eigenvalue weighted by Gasteiger charge is -2.15. The molecule has 0 radical (unpaired) electrons. The Bertz CT molecular complexity index is 917. The topological polar surface area (TPSA) is 69.7 Å². The van der Waals surface area contributed by atoms with E-state index in [1.54, 1.807) is 49.3 Å². The summed E-state index contributed by atoms with van der Waals surface area (Å²) in [7, 11) is 3.36. The normalized spacial score (nSPS) is 13.8. The minimum Gasteiger partial charge on any atom is -0.345 e. The monoisotopic (exact) mass is 377 g/mol. The van der Waals surface area contributed by atoms with Crippen LogP contribution in [0.2, 0.25) is 0 Å². The molecule has 1 N–H and O–H groups in total.